The zero-order chi connectivity index (χ0) is 20.6. The number of anilines is 1. The van der Waals surface area contributed by atoms with Crippen LogP contribution in [0.3, 0.4) is 0 Å². The van der Waals surface area contributed by atoms with E-state index in [-0.39, 0.29) is 28.5 Å². The van der Waals surface area contributed by atoms with Crippen molar-refractivity contribution in [1.29, 1.82) is 0 Å². The highest BCUT2D eigenvalue weighted by atomic mass is 32.2. The Bertz CT molecular complexity index is 992. The summed E-state index contributed by atoms with van der Waals surface area (Å²) in [6.07, 6.45) is 2.70. The molecule has 0 bridgehead atoms. The Morgan fingerprint density at radius 3 is 2.61 bits per heavy atom. The normalized spacial score (nSPS) is 21.1. The van der Waals surface area contributed by atoms with Crippen molar-refractivity contribution in [2.75, 3.05) is 11.1 Å². The summed E-state index contributed by atoms with van der Waals surface area (Å²) in [5.41, 5.74) is 6.44. The predicted molar refractivity (Wildman–Crippen MR) is 103 cm³/mol. The molecule has 7 nitrogen and oxygen atoms in total. The summed E-state index contributed by atoms with van der Waals surface area (Å²) in [5.74, 6) is -2.81. The molecule has 0 saturated heterocycles. The van der Waals surface area contributed by atoms with Crippen LogP contribution in [-0.4, -0.2) is 36.4 Å². The molecule has 2 atom stereocenters. The molecule has 148 valence electrons. The van der Waals surface area contributed by atoms with E-state index in [0.29, 0.717) is 5.69 Å². The molecule has 3 N–H and O–H groups in total. The molecule has 0 spiro atoms. The van der Waals surface area contributed by atoms with Gasteiger partial charge in [-0.1, -0.05) is 0 Å². The minimum absolute atomic E-state index is 0.00903. The zero-order valence-corrected chi connectivity index (χ0v) is 16.3. The molecule has 1 aromatic heterocycles. The Hall–Kier alpha value is -2.75. The first-order valence-corrected chi connectivity index (χ1v) is 9.72. The first-order valence-electron chi connectivity index (χ1n) is 8.40. The number of hydrogen-bond acceptors (Lipinski definition) is 6. The summed E-state index contributed by atoms with van der Waals surface area (Å²) in [4.78, 5) is 24.4. The van der Waals surface area contributed by atoms with Crippen molar-refractivity contribution < 1.29 is 17.8 Å². The fourth-order valence-corrected chi connectivity index (χ4v) is 3.86. The minimum atomic E-state index is -1.43. The number of nitrogens with zero attached hydrogens (tertiary/aromatic N) is 3. The number of amidine groups is 1. The van der Waals surface area contributed by atoms with Crippen molar-refractivity contribution in [3.8, 4) is 0 Å². The number of halogens is 2. The molecule has 1 aromatic carbocycles. The fourth-order valence-electron chi connectivity index (χ4n) is 2.62. The second-order valence-corrected chi connectivity index (χ2v) is 8.96. The molecule has 3 rings (SSSR count). The maximum atomic E-state index is 14.4. The lowest BCUT2D eigenvalue weighted by Gasteiger charge is -2.31. The number of carbonyl (C=O) groups excluding carboxylic acids is 1. The van der Waals surface area contributed by atoms with Gasteiger partial charge in [-0.05, 0) is 26.8 Å². The molecule has 1 amide bonds. The molecule has 0 saturated carbocycles. The van der Waals surface area contributed by atoms with E-state index in [1.165, 1.54) is 18.5 Å². The van der Waals surface area contributed by atoms with E-state index in [2.05, 4.69) is 20.3 Å². The minimum Gasteiger partial charge on any atom is -0.386 e. The van der Waals surface area contributed by atoms with Crippen molar-refractivity contribution in [2.24, 2.45) is 10.7 Å². The molecule has 10 heteroatoms. The number of nitrogens with one attached hydrogen (secondary N) is 1. The third-order valence-corrected chi connectivity index (χ3v) is 6.44. The van der Waals surface area contributed by atoms with Gasteiger partial charge in [0.2, 0.25) is 0 Å². The van der Waals surface area contributed by atoms with Crippen molar-refractivity contribution in [3.63, 3.8) is 0 Å². The summed E-state index contributed by atoms with van der Waals surface area (Å²) in [6.45, 7) is 5.07. The van der Waals surface area contributed by atoms with E-state index in [9.17, 15) is 17.8 Å². The van der Waals surface area contributed by atoms with Crippen LogP contribution in [0.15, 0.2) is 29.5 Å². The number of carbonyl (C=O) groups is 1. The molecular weight excluding hydrogens is 388 g/mol. The second-order valence-electron chi connectivity index (χ2n) is 6.91. The Balaban J connectivity index is 1.93. The molecule has 0 aliphatic carbocycles. The van der Waals surface area contributed by atoms with Crippen molar-refractivity contribution in [2.45, 2.75) is 31.6 Å². The van der Waals surface area contributed by atoms with E-state index in [0.717, 1.165) is 6.07 Å². The van der Waals surface area contributed by atoms with Gasteiger partial charge in [-0.2, -0.15) is 0 Å². The van der Waals surface area contributed by atoms with Gasteiger partial charge in [0.25, 0.3) is 5.91 Å². The standard InChI is InChI=1S/C18H19F2N5O2S/c1-9-6-23-13(7-22-9)16(26)24-10-4-11(15(20)12(19)5-10)14-8-28(27)18(2,3)17(21)25-14/h4-7,14H,8H2,1-3H3,(H2,21,25)(H,24,26). The van der Waals surface area contributed by atoms with Crippen LogP contribution >= 0.6 is 0 Å². The van der Waals surface area contributed by atoms with Crippen molar-refractivity contribution in [1.82, 2.24) is 9.97 Å². The summed E-state index contributed by atoms with van der Waals surface area (Å²) in [6, 6.07) is 1.20. The molecule has 1 aliphatic heterocycles. The third-order valence-electron chi connectivity index (χ3n) is 4.48. The van der Waals surface area contributed by atoms with Gasteiger partial charge in [0, 0.05) is 34.3 Å². The molecule has 2 unspecified atom stereocenters. The monoisotopic (exact) mass is 407 g/mol. The molecule has 2 aromatic rings. The average Bonchev–Trinajstić information content (AvgIpc) is 2.63. The smallest absolute Gasteiger partial charge is 0.275 e. The van der Waals surface area contributed by atoms with Crippen molar-refractivity contribution >= 4 is 28.2 Å². The molecule has 0 radical (unpaired) electrons. The number of aryl methyl sites for hydroxylation is 1. The van der Waals surface area contributed by atoms with Gasteiger partial charge < -0.3 is 11.1 Å². The maximum Gasteiger partial charge on any atom is 0.275 e. The highest BCUT2D eigenvalue weighted by Crippen LogP contribution is 2.33. The van der Waals surface area contributed by atoms with E-state index in [1.54, 1.807) is 20.8 Å². The third kappa shape index (κ3) is 3.77. The topological polar surface area (TPSA) is 110 Å². The predicted octanol–water partition coefficient (Wildman–Crippen LogP) is 2.25. The van der Waals surface area contributed by atoms with Crippen LogP contribution in [-0.2, 0) is 10.8 Å². The maximum absolute atomic E-state index is 14.4. The zero-order valence-electron chi connectivity index (χ0n) is 15.5. The number of amides is 1. The largest absolute Gasteiger partial charge is 0.386 e. The van der Waals surface area contributed by atoms with E-state index >= 15 is 0 Å². The van der Waals surface area contributed by atoms with Gasteiger partial charge in [-0.3, -0.25) is 19.0 Å². The van der Waals surface area contributed by atoms with E-state index in [4.69, 9.17) is 5.73 Å². The summed E-state index contributed by atoms with van der Waals surface area (Å²) < 4.78 is 40.1. The van der Waals surface area contributed by atoms with Crippen LogP contribution in [0.25, 0.3) is 0 Å². The average molecular weight is 407 g/mol. The lowest BCUT2D eigenvalue weighted by Crippen LogP contribution is -2.47. The van der Waals surface area contributed by atoms with E-state index in [1.807, 2.05) is 0 Å². The van der Waals surface area contributed by atoms with Crippen LogP contribution in [0.5, 0.6) is 0 Å². The van der Waals surface area contributed by atoms with Crippen LogP contribution in [0.2, 0.25) is 0 Å². The summed E-state index contributed by atoms with van der Waals surface area (Å²) in [7, 11) is -1.43. The number of aliphatic imine (C=N–C) groups is 1. The molecular formula is C18H19F2N5O2S. The van der Waals surface area contributed by atoms with Crippen LogP contribution in [0.4, 0.5) is 14.5 Å². The Morgan fingerprint density at radius 2 is 2.00 bits per heavy atom. The number of aromatic nitrogens is 2. The quantitative estimate of drug-likeness (QED) is 0.811. The van der Waals surface area contributed by atoms with Gasteiger partial charge in [0.15, 0.2) is 11.6 Å². The fraction of sp³-hybridized carbons (Fsp3) is 0.333. The van der Waals surface area contributed by atoms with Gasteiger partial charge >= 0.3 is 0 Å². The lowest BCUT2D eigenvalue weighted by molar-refractivity contribution is 0.102. The lowest BCUT2D eigenvalue weighted by atomic mass is 10.1. The first-order chi connectivity index (χ1) is 13.1. The number of benzene rings is 1. The van der Waals surface area contributed by atoms with Crippen LogP contribution < -0.4 is 11.1 Å². The summed E-state index contributed by atoms with van der Waals surface area (Å²) in [5, 5.41) is 2.46. The first kappa shape index (κ1) is 20.0. The van der Waals surface area contributed by atoms with Gasteiger partial charge in [0.05, 0.1) is 28.4 Å². The number of hydrogen-bond donors (Lipinski definition) is 2. The van der Waals surface area contributed by atoms with Gasteiger partial charge in [-0.25, -0.2) is 13.8 Å². The van der Waals surface area contributed by atoms with E-state index < -0.39 is 39.1 Å². The molecule has 2 heterocycles. The molecule has 1 aliphatic rings. The number of nitrogens with two attached hydrogens (primary N) is 1. The highest BCUT2D eigenvalue weighted by Gasteiger charge is 2.38. The Labute approximate surface area is 162 Å². The Kier molecular flexibility index (Phi) is 5.24. The Morgan fingerprint density at radius 1 is 1.29 bits per heavy atom. The second kappa shape index (κ2) is 7.34. The molecule has 0 fully saturated rings. The molecule has 28 heavy (non-hydrogen) atoms. The summed E-state index contributed by atoms with van der Waals surface area (Å²) >= 11 is 0. The highest BCUT2D eigenvalue weighted by molar-refractivity contribution is 7.87. The van der Waals surface area contributed by atoms with Crippen LogP contribution in [0.1, 0.15) is 41.6 Å². The SMILES string of the molecule is Cc1cnc(C(=O)Nc2cc(F)c(F)c(C3CS(=O)C(C)(C)C(N)=N3)c2)cn1. The van der Waals surface area contributed by atoms with Gasteiger partial charge in [0.1, 0.15) is 11.5 Å². The van der Waals surface area contributed by atoms with Gasteiger partial charge in [-0.15, -0.1) is 0 Å². The number of rotatable bonds is 3. The van der Waals surface area contributed by atoms with Crippen molar-refractivity contribution in [3.05, 3.63) is 53.1 Å². The van der Waals surface area contributed by atoms with Crippen LogP contribution in [0, 0.1) is 18.6 Å².